The van der Waals surface area contributed by atoms with E-state index in [4.69, 9.17) is 5.73 Å². The maximum absolute atomic E-state index is 12.3. The van der Waals surface area contributed by atoms with Gasteiger partial charge in [-0.15, -0.1) is 0 Å². The van der Waals surface area contributed by atoms with Crippen molar-refractivity contribution in [3.63, 3.8) is 0 Å². The largest absolute Gasteiger partial charge is 0.342 e. The molecule has 0 bridgehead atoms. The van der Waals surface area contributed by atoms with E-state index in [2.05, 4.69) is 4.90 Å². The van der Waals surface area contributed by atoms with Gasteiger partial charge in [-0.2, -0.15) is 0 Å². The third-order valence-electron chi connectivity index (χ3n) is 4.63. The Kier molecular flexibility index (Phi) is 6.64. The average molecular weight is 310 g/mol. The van der Waals surface area contributed by atoms with Crippen molar-refractivity contribution in [3.8, 4) is 0 Å². The Morgan fingerprint density at radius 1 is 0.955 bits per heavy atom. The molecular weight excluding hydrogens is 280 g/mol. The molecule has 2 fully saturated rings. The van der Waals surface area contributed by atoms with Gasteiger partial charge in [-0.3, -0.25) is 14.5 Å². The number of rotatable bonds is 5. The van der Waals surface area contributed by atoms with E-state index in [0.29, 0.717) is 13.1 Å². The summed E-state index contributed by atoms with van der Waals surface area (Å²) in [4.78, 5) is 30.5. The molecule has 2 rings (SSSR count). The number of carbonyl (C=O) groups excluding carboxylic acids is 2. The van der Waals surface area contributed by atoms with Crippen LogP contribution >= 0.6 is 0 Å². The lowest BCUT2D eigenvalue weighted by Gasteiger charge is -2.25. The number of likely N-dealkylation sites (tertiary alicyclic amines) is 1. The minimum absolute atomic E-state index is 0.0644. The monoisotopic (exact) mass is 310 g/mol. The average Bonchev–Trinajstić information content (AvgIpc) is 2.95. The van der Waals surface area contributed by atoms with E-state index in [1.807, 2.05) is 16.7 Å². The highest BCUT2D eigenvalue weighted by Gasteiger charge is 2.25. The van der Waals surface area contributed by atoms with E-state index in [0.717, 1.165) is 64.8 Å². The molecule has 22 heavy (non-hydrogen) atoms. The molecule has 0 aromatic heterocycles. The zero-order chi connectivity index (χ0) is 15.9. The number of hydrogen-bond acceptors (Lipinski definition) is 4. The van der Waals surface area contributed by atoms with Crippen molar-refractivity contribution >= 4 is 11.8 Å². The van der Waals surface area contributed by atoms with Crippen molar-refractivity contribution < 1.29 is 9.59 Å². The molecular formula is C16H30N4O2. The Morgan fingerprint density at radius 2 is 1.64 bits per heavy atom. The van der Waals surface area contributed by atoms with Gasteiger partial charge in [0.25, 0.3) is 0 Å². The Bertz CT molecular complexity index is 382. The lowest BCUT2D eigenvalue weighted by molar-refractivity contribution is -0.132. The van der Waals surface area contributed by atoms with Crippen LogP contribution in [0.25, 0.3) is 0 Å². The molecule has 0 unspecified atom stereocenters. The molecule has 2 amide bonds. The lowest BCUT2D eigenvalue weighted by atomic mass is 10.1. The van der Waals surface area contributed by atoms with Crippen molar-refractivity contribution in [3.05, 3.63) is 0 Å². The Morgan fingerprint density at radius 3 is 2.32 bits per heavy atom. The van der Waals surface area contributed by atoms with Crippen molar-refractivity contribution in [1.29, 1.82) is 0 Å². The lowest BCUT2D eigenvalue weighted by Crippen LogP contribution is -2.45. The molecule has 2 aliphatic rings. The fourth-order valence-electron chi connectivity index (χ4n) is 3.28. The molecule has 2 aliphatic heterocycles. The smallest absolute Gasteiger partial charge is 0.239 e. The van der Waals surface area contributed by atoms with Crippen LogP contribution in [-0.4, -0.2) is 78.4 Å². The van der Waals surface area contributed by atoms with Crippen molar-refractivity contribution in [2.24, 2.45) is 5.73 Å². The highest BCUT2D eigenvalue weighted by molar-refractivity contribution is 5.81. The quantitative estimate of drug-likeness (QED) is 0.791. The van der Waals surface area contributed by atoms with Crippen molar-refractivity contribution in [1.82, 2.24) is 14.7 Å². The van der Waals surface area contributed by atoms with Gasteiger partial charge in [-0.05, 0) is 25.7 Å². The predicted octanol–water partition coefficient (Wildman–Crippen LogP) is 0.271. The van der Waals surface area contributed by atoms with Crippen molar-refractivity contribution in [2.45, 2.75) is 45.1 Å². The number of amides is 2. The summed E-state index contributed by atoms with van der Waals surface area (Å²) in [5.74, 6) is 0.300. The van der Waals surface area contributed by atoms with Crippen LogP contribution in [0, 0.1) is 0 Å². The molecule has 6 nitrogen and oxygen atoms in total. The Balaban J connectivity index is 1.79. The first-order valence-corrected chi connectivity index (χ1v) is 8.66. The molecule has 2 heterocycles. The second-order valence-electron chi connectivity index (χ2n) is 6.44. The van der Waals surface area contributed by atoms with E-state index >= 15 is 0 Å². The summed E-state index contributed by atoms with van der Waals surface area (Å²) in [6, 6.07) is -0.372. The maximum atomic E-state index is 12.3. The predicted molar refractivity (Wildman–Crippen MR) is 86.3 cm³/mol. The summed E-state index contributed by atoms with van der Waals surface area (Å²) in [7, 11) is 0. The SMILES string of the molecule is CCC[C@H](N)C(=O)N1CCCN(CC(=O)N2CCCC2)CC1. The summed E-state index contributed by atoms with van der Waals surface area (Å²) in [6.45, 7) is 7.43. The molecule has 126 valence electrons. The Labute approximate surface area is 133 Å². The third-order valence-corrected chi connectivity index (χ3v) is 4.63. The molecule has 2 N–H and O–H groups in total. The van der Waals surface area contributed by atoms with Crippen molar-refractivity contribution in [2.75, 3.05) is 45.8 Å². The van der Waals surface area contributed by atoms with Crippen LogP contribution in [0.4, 0.5) is 0 Å². The highest BCUT2D eigenvalue weighted by atomic mass is 16.2. The molecule has 0 spiro atoms. The molecule has 0 aromatic rings. The van der Waals surface area contributed by atoms with Gasteiger partial charge in [0.2, 0.25) is 11.8 Å². The molecule has 6 heteroatoms. The number of carbonyl (C=O) groups is 2. The maximum Gasteiger partial charge on any atom is 0.239 e. The fourth-order valence-corrected chi connectivity index (χ4v) is 3.28. The van der Waals surface area contributed by atoms with E-state index in [1.165, 1.54) is 0 Å². The topological polar surface area (TPSA) is 69.9 Å². The molecule has 2 saturated heterocycles. The second kappa shape index (κ2) is 8.48. The summed E-state index contributed by atoms with van der Waals surface area (Å²) in [6.07, 6.45) is 4.84. The first-order chi connectivity index (χ1) is 10.6. The molecule has 1 atom stereocenters. The minimum Gasteiger partial charge on any atom is -0.342 e. The second-order valence-corrected chi connectivity index (χ2v) is 6.44. The van der Waals surface area contributed by atoms with Crippen LogP contribution in [-0.2, 0) is 9.59 Å². The Hall–Kier alpha value is -1.14. The zero-order valence-electron chi connectivity index (χ0n) is 13.8. The molecule has 0 radical (unpaired) electrons. The number of hydrogen-bond donors (Lipinski definition) is 1. The summed E-state index contributed by atoms with van der Waals surface area (Å²) in [5.41, 5.74) is 5.94. The number of nitrogens with two attached hydrogens (primary N) is 1. The van der Waals surface area contributed by atoms with E-state index in [9.17, 15) is 9.59 Å². The first kappa shape index (κ1) is 17.2. The van der Waals surface area contributed by atoms with Gasteiger partial charge in [-0.25, -0.2) is 0 Å². The molecule has 0 aliphatic carbocycles. The van der Waals surface area contributed by atoms with Gasteiger partial charge in [-0.1, -0.05) is 13.3 Å². The van der Waals surface area contributed by atoms with Crippen LogP contribution in [0.15, 0.2) is 0 Å². The molecule has 0 saturated carbocycles. The summed E-state index contributed by atoms with van der Waals surface area (Å²) >= 11 is 0. The molecule has 0 aromatic carbocycles. The van der Waals surface area contributed by atoms with Gasteiger partial charge in [0, 0.05) is 39.3 Å². The summed E-state index contributed by atoms with van der Waals surface area (Å²) < 4.78 is 0. The summed E-state index contributed by atoms with van der Waals surface area (Å²) in [5, 5.41) is 0. The van der Waals surface area contributed by atoms with Gasteiger partial charge in [0.05, 0.1) is 12.6 Å². The van der Waals surface area contributed by atoms with Gasteiger partial charge in [0.1, 0.15) is 0 Å². The number of nitrogens with zero attached hydrogens (tertiary/aromatic N) is 3. The van der Waals surface area contributed by atoms with Crippen LogP contribution in [0.3, 0.4) is 0 Å². The van der Waals surface area contributed by atoms with E-state index in [1.54, 1.807) is 0 Å². The standard InChI is InChI=1S/C16H30N4O2/c1-2-6-14(17)16(22)20-10-5-7-18(11-12-20)13-15(21)19-8-3-4-9-19/h14H,2-13,17H2,1H3/t14-/m0/s1. The third kappa shape index (κ3) is 4.68. The van der Waals surface area contributed by atoms with Gasteiger partial charge in [0.15, 0.2) is 0 Å². The van der Waals surface area contributed by atoms with Gasteiger partial charge < -0.3 is 15.5 Å². The van der Waals surface area contributed by atoms with E-state index < -0.39 is 0 Å². The minimum atomic E-state index is -0.372. The van der Waals surface area contributed by atoms with E-state index in [-0.39, 0.29) is 17.9 Å². The van der Waals surface area contributed by atoms with Crippen LogP contribution in [0.5, 0.6) is 0 Å². The first-order valence-electron chi connectivity index (χ1n) is 8.66. The highest BCUT2D eigenvalue weighted by Crippen LogP contribution is 2.10. The normalized spacial score (nSPS) is 21.7. The van der Waals surface area contributed by atoms with Crippen LogP contribution in [0.1, 0.15) is 39.0 Å². The fraction of sp³-hybridized carbons (Fsp3) is 0.875. The zero-order valence-corrected chi connectivity index (χ0v) is 13.8. The van der Waals surface area contributed by atoms with Crippen LogP contribution in [0.2, 0.25) is 0 Å². The van der Waals surface area contributed by atoms with Crippen LogP contribution < -0.4 is 5.73 Å². The van der Waals surface area contributed by atoms with Gasteiger partial charge >= 0.3 is 0 Å².